The third kappa shape index (κ3) is 1.11. The Kier molecular flexibility index (Phi) is 2.56. The second-order valence-corrected chi connectivity index (χ2v) is 7.21. The molecule has 0 aromatic rings. The van der Waals surface area contributed by atoms with Gasteiger partial charge in [0.1, 0.15) is 0 Å². The summed E-state index contributed by atoms with van der Waals surface area (Å²) in [5.41, 5.74) is -0.00329. The molecule has 0 aromatic carbocycles. The maximum Gasteiger partial charge on any atom is 0.230 e. The Labute approximate surface area is 122 Å². The summed E-state index contributed by atoms with van der Waals surface area (Å²) in [6.45, 7) is 7.16. The molecule has 0 unspecified atom stereocenters. The van der Waals surface area contributed by atoms with Gasteiger partial charge < -0.3 is 18.9 Å². The number of alkyl halides is 1. The molecule has 4 rings (SSSR count). The van der Waals surface area contributed by atoms with Crippen molar-refractivity contribution in [2.45, 2.75) is 38.3 Å². The van der Waals surface area contributed by atoms with Crippen LogP contribution in [0.2, 0.25) is 0 Å². The van der Waals surface area contributed by atoms with E-state index in [1.54, 1.807) is 0 Å². The SMILES string of the molecule is C[C@]12CC[C@@H](C3(OCCO3)C13OCCO3)[C@@]2(C)CBr. The van der Waals surface area contributed by atoms with Gasteiger partial charge in [-0.3, -0.25) is 0 Å². The van der Waals surface area contributed by atoms with E-state index < -0.39 is 11.6 Å². The fraction of sp³-hybridized carbons (Fsp3) is 1.00. The van der Waals surface area contributed by atoms with Crippen LogP contribution in [0.25, 0.3) is 0 Å². The molecule has 2 spiro atoms. The number of ether oxygens (including phenoxy) is 4. The molecule has 108 valence electrons. The summed E-state index contributed by atoms with van der Waals surface area (Å²) in [5, 5.41) is 0.921. The first-order valence-corrected chi connectivity index (χ1v) is 8.30. The molecule has 4 nitrogen and oxygen atoms in total. The molecule has 2 heterocycles. The molecule has 19 heavy (non-hydrogen) atoms. The van der Waals surface area contributed by atoms with Crippen molar-refractivity contribution in [2.75, 3.05) is 31.8 Å². The van der Waals surface area contributed by atoms with E-state index in [2.05, 4.69) is 29.8 Å². The van der Waals surface area contributed by atoms with E-state index in [4.69, 9.17) is 18.9 Å². The number of hydrogen-bond donors (Lipinski definition) is 0. The molecule has 3 atom stereocenters. The maximum atomic E-state index is 6.18. The second-order valence-electron chi connectivity index (χ2n) is 6.65. The number of fused-ring (bicyclic) bond motifs is 5. The predicted molar refractivity (Wildman–Crippen MR) is 72.0 cm³/mol. The summed E-state index contributed by atoms with van der Waals surface area (Å²) < 4.78 is 24.6. The lowest BCUT2D eigenvalue weighted by molar-refractivity contribution is -0.381. The van der Waals surface area contributed by atoms with Crippen molar-refractivity contribution >= 4 is 15.9 Å². The van der Waals surface area contributed by atoms with Crippen LogP contribution in [0.3, 0.4) is 0 Å². The Morgan fingerprint density at radius 2 is 1.58 bits per heavy atom. The molecule has 0 aromatic heterocycles. The summed E-state index contributed by atoms with van der Waals surface area (Å²) in [7, 11) is 0. The minimum absolute atomic E-state index is 0.0711. The lowest BCUT2D eigenvalue weighted by Gasteiger charge is -2.49. The Morgan fingerprint density at radius 3 is 2.16 bits per heavy atom. The fourth-order valence-corrected chi connectivity index (χ4v) is 6.19. The minimum Gasteiger partial charge on any atom is -0.343 e. The first kappa shape index (κ1) is 13.0. The monoisotopic (exact) mass is 332 g/mol. The molecular formula is C14H21BrO4. The third-order valence-electron chi connectivity index (χ3n) is 6.29. The van der Waals surface area contributed by atoms with Gasteiger partial charge in [0.2, 0.25) is 11.6 Å². The van der Waals surface area contributed by atoms with E-state index in [1.807, 2.05) is 0 Å². The number of hydrogen-bond acceptors (Lipinski definition) is 4. The summed E-state index contributed by atoms with van der Waals surface area (Å²) in [5.74, 6) is -1.09. The second kappa shape index (κ2) is 3.74. The van der Waals surface area contributed by atoms with Crippen LogP contribution in [0.5, 0.6) is 0 Å². The zero-order valence-corrected chi connectivity index (χ0v) is 13.1. The molecule has 0 N–H and O–H groups in total. The normalized spacial score (nSPS) is 49.7. The van der Waals surface area contributed by atoms with Gasteiger partial charge in [0.25, 0.3) is 0 Å². The largest absolute Gasteiger partial charge is 0.343 e. The van der Waals surface area contributed by atoms with Gasteiger partial charge in [0, 0.05) is 16.7 Å². The fourth-order valence-electron chi connectivity index (χ4n) is 5.18. The van der Waals surface area contributed by atoms with Crippen LogP contribution in [0.4, 0.5) is 0 Å². The molecule has 2 saturated carbocycles. The highest BCUT2D eigenvalue weighted by atomic mass is 79.9. The highest BCUT2D eigenvalue weighted by Crippen LogP contribution is 2.77. The first-order chi connectivity index (χ1) is 9.06. The number of rotatable bonds is 1. The summed E-state index contributed by atoms with van der Waals surface area (Å²) in [6, 6.07) is 0. The highest BCUT2D eigenvalue weighted by Gasteiger charge is 2.86. The van der Waals surface area contributed by atoms with Gasteiger partial charge in [-0.15, -0.1) is 0 Å². The van der Waals surface area contributed by atoms with Crippen molar-refractivity contribution in [3.63, 3.8) is 0 Å². The standard InChI is InChI=1S/C14H21BrO4/c1-11(9-15)10-3-4-12(11,2)14(18-7-8-19-14)13(10)16-5-6-17-13/h10H,3-9H2,1-2H3/t10-,11-,12-/m1/s1. The van der Waals surface area contributed by atoms with Crippen molar-refractivity contribution in [3.05, 3.63) is 0 Å². The van der Waals surface area contributed by atoms with Crippen LogP contribution >= 0.6 is 15.9 Å². The Hall–Kier alpha value is 0.320. The first-order valence-electron chi connectivity index (χ1n) is 7.18. The predicted octanol–water partition coefficient (Wildman–Crippen LogP) is 2.30. The van der Waals surface area contributed by atoms with Crippen LogP contribution in [0.1, 0.15) is 26.7 Å². The number of halogens is 1. The van der Waals surface area contributed by atoms with E-state index >= 15 is 0 Å². The Bertz CT molecular complexity index is 402. The third-order valence-corrected chi connectivity index (χ3v) is 7.46. The summed E-state index contributed by atoms with van der Waals surface area (Å²) >= 11 is 3.73. The van der Waals surface area contributed by atoms with Crippen molar-refractivity contribution in [1.82, 2.24) is 0 Å². The molecule has 2 aliphatic heterocycles. The zero-order chi connectivity index (χ0) is 13.4. The molecule has 4 fully saturated rings. The lowest BCUT2D eigenvalue weighted by Crippen LogP contribution is -2.63. The van der Waals surface area contributed by atoms with Gasteiger partial charge >= 0.3 is 0 Å². The van der Waals surface area contributed by atoms with Crippen molar-refractivity contribution in [3.8, 4) is 0 Å². The van der Waals surface area contributed by atoms with E-state index in [9.17, 15) is 0 Å². The Balaban J connectivity index is 1.93. The molecule has 2 aliphatic carbocycles. The van der Waals surface area contributed by atoms with Crippen LogP contribution < -0.4 is 0 Å². The molecule has 5 heteroatoms. The van der Waals surface area contributed by atoms with Crippen LogP contribution in [-0.4, -0.2) is 43.3 Å². The quantitative estimate of drug-likeness (QED) is 0.690. The summed E-state index contributed by atoms with van der Waals surface area (Å²) in [4.78, 5) is 0. The van der Waals surface area contributed by atoms with E-state index in [-0.39, 0.29) is 10.8 Å². The topological polar surface area (TPSA) is 36.9 Å². The molecule has 0 amide bonds. The molecule has 0 radical (unpaired) electrons. The maximum absolute atomic E-state index is 6.18. The van der Waals surface area contributed by atoms with Crippen molar-refractivity contribution < 1.29 is 18.9 Å². The average Bonchev–Trinajstić information content (AvgIpc) is 3.11. The molecule has 4 aliphatic rings. The van der Waals surface area contributed by atoms with E-state index in [1.165, 1.54) is 0 Å². The van der Waals surface area contributed by atoms with Crippen molar-refractivity contribution in [1.29, 1.82) is 0 Å². The average molecular weight is 333 g/mol. The van der Waals surface area contributed by atoms with E-state index in [0.717, 1.165) is 18.2 Å². The summed E-state index contributed by atoms with van der Waals surface area (Å²) in [6.07, 6.45) is 2.22. The highest BCUT2D eigenvalue weighted by molar-refractivity contribution is 9.09. The minimum atomic E-state index is -0.720. The Morgan fingerprint density at radius 1 is 1.00 bits per heavy atom. The zero-order valence-electron chi connectivity index (χ0n) is 11.5. The lowest BCUT2D eigenvalue weighted by atomic mass is 9.68. The van der Waals surface area contributed by atoms with Crippen LogP contribution in [0.15, 0.2) is 0 Å². The molecule has 2 bridgehead atoms. The van der Waals surface area contributed by atoms with Gasteiger partial charge in [-0.1, -0.05) is 29.8 Å². The van der Waals surface area contributed by atoms with Crippen LogP contribution in [-0.2, 0) is 18.9 Å². The van der Waals surface area contributed by atoms with Gasteiger partial charge in [-0.25, -0.2) is 0 Å². The van der Waals surface area contributed by atoms with Crippen molar-refractivity contribution in [2.24, 2.45) is 16.7 Å². The van der Waals surface area contributed by atoms with E-state index in [0.29, 0.717) is 32.3 Å². The van der Waals surface area contributed by atoms with Gasteiger partial charge in [-0.05, 0) is 18.3 Å². The van der Waals surface area contributed by atoms with Gasteiger partial charge in [0.15, 0.2) is 0 Å². The van der Waals surface area contributed by atoms with Gasteiger partial charge in [-0.2, -0.15) is 0 Å². The van der Waals surface area contributed by atoms with Gasteiger partial charge in [0.05, 0.1) is 26.4 Å². The van der Waals surface area contributed by atoms with Crippen LogP contribution in [0, 0.1) is 16.7 Å². The molecular weight excluding hydrogens is 312 g/mol. The smallest absolute Gasteiger partial charge is 0.230 e. The molecule has 2 saturated heterocycles.